The van der Waals surface area contributed by atoms with Crippen LogP contribution >= 0.6 is 0 Å². The topological polar surface area (TPSA) is 127 Å². The Balaban J connectivity index is 2.04. The second-order valence-corrected chi connectivity index (χ2v) is 6.64. The van der Waals surface area contributed by atoms with Crippen LogP contribution in [0.2, 0.25) is 0 Å². The van der Waals surface area contributed by atoms with Crippen molar-refractivity contribution >= 4 is 35.1 Å². The Morgan fingerprint density at radius 3 is 2.10 bits per heavy atom. The molecule has 0 radical (unpaired) electrons. The molecule has 0 fully saturated rings. The van der Waals surface area contributed by atoms with Gasteiger partial charge in [0.1, 0.15) is 5.69 Å². The Morgan fingerprint density at radius 2 is 1.57 bits per heavy atom. The fourth-order valence-corrected chi connectivity index (χ4v) is 2.82. The number of carbonyl (C=O) groups excluding carboxylic acids is 4. The average molecular weight is 415 g/mol. The van der Waals surface area contributed by atoms with E-state index in [1.165, 1.54) is 13.8 Å². The molecule has 0 spiro atoms. The van der Waals surface area contributed by atoms with Crippen LogP contribution in [0.1, 0.15) is 52.9 Å². The number of aromatic nitrogens is 1. The number of benzene rings is 1. The summed E-state index contributed by atoms with van der Waals surface area (Å²) in [6, 6.07) is 6.50. The molecule has 0 aliphatic rings. The van der Waals surface area contributed by atoms with Crippen LogP contribution in [-0.4, -0.2) is 41.4 Å². The van der Waals surface area contributed by atoms with Gasteiger partial charge in [0.2, 0.25) is 5.91 Å². The predicted octanol–water partition coefficient (Wildman–Crippen LogP) is 2.95. The minimum atomic E-state index is -1.08. The minimum Gasteiger partial charge on any atom is -0.461 e. The van der Waals surface area contributed by atoms with Crippen LogP contribution in [0.25, 0.3) is 0 Å². The number of hydrogen-bond donors (Lipinski definition) is 3. The Hall–Kier alpha value is -3.62. The fraction of sp³-hybridized carbons (Fsp3) is 0.333. The van der Waals surface area contributed by atoms with E-state index in [-0.39, 0.29) is 23.8 Å². The number of hydrogen-bond acceptors (Lipinski definition) is 6. The lowest BCUT2D eigenvalue weighted by atomic mass is 10.1. The lowest BCUT2D eigenvalue weighted by molar-refractivity contribution is -0.123. The highest BCUT2D eigenvalue weighted by atomic mass is 16.5. The molecule has 1 aromatic heterocycles. The molecule has 9 nitrogen and oxygen atoms in total. The standard InChI is InChI=1S/C21H25N3O6/c1-6-29-21(28)18-11(2)17(12(3)22-18)20(27)30-13(4)19(26)24-16-9-7-15(8-10-16)23-14(5)25/h7-10,13,22H,6H2,1-5H3,(H,23,25)(H,24,26)/t13-/m0/s1. The van der Waals surface area contributed by atoms with Crippen molar-refractivity contribution in [3.05, 3.63) is 46.8 Å². The summed E-state index contributed by atoms with van der Waals surface area (Å²) in [6.45, 7) is 7.98. The van der Waals surface area contributed by atoms with Crippen LogP contribution in [0.4, 0.5) is 11.4 Å². The van der Waals surface area contributed by atoms with Crippen molar-refractivity contribution in [2.75, 3.05) is 17.2 Å². The normalized spacial score (nSPS) is 11.4. The van der Waals surface area contributed by atoms with Crippen LogP contribution < -0.4 is 10.6 Å². The van der Waals surface area contributed by atoms with Gasteiger partial charge in [0, 0.05) is 24.0 Å². The number of aryl methyl sites for hydroxylation is 1. The molecule has 0 unspecified atom stereocenters. The zero-order chi connectivity index (χ0) is 22.4. The van der Waals surface area contributed by atoms with Gasteiger partial charge in [0.25, 0.3) is 5.91 Å². The molecule has 2 rings (SSSR count). The van der Waals surface area contributed by atoms with Crippen LogP contribution in [0.15, 0.2) is 24.3 Å². The molecule has 2 amide bonds. The van der Waals surface area contributed by atoms with Crippen LogP contribution in [-0.2, 0) is 19.1 Å². The van der Waals surface area contributed by atoms with Gasteiger partial charge in [-0.05, 0) is 57.5 Å². The second kappa shape index (κ2) is 9.73. The number of ether oxygens (including phenoxy) is 2. The summed E-state index contributed by atoms with van der Waals surface area (Å²) >= 11 is 0. The number of amides is 2. The molecule has 0 saturated heterocycles. The summed E-state index contributed by atoms with van der Waals surface area (Å²) in [6.07, 6.45) is -1.08. The van der Waals surface area contributed by atoms with E-state index in [0.717, 1.165) is 0 Å². The molecule has 0 aliphatic carbocycles. The average Bonchev–Trinajstić information content (AvgIpc) is 2.97. The highest BCUT2D eigenvalue weighted by Crippen LogP contribution is 2.21. The molecular formula is C21H25N3O6. The van der Waals surface area contributed by atoms with Gasteiger partial charge in [-0.25, -0.2) is 9.59 Å². The number of rotatable bonds is 7. The maximum absolute atomic E-state index is 12.6. The Labute approximate surface area is 174 Å². The van der Waals surface area contributed by atoms with Gasteiger partial charge in [-0.1, -0.05) is 0 Å². The molecule has 0 bridgehead atoms. The first-order valence-corrected chi connectivity index (χ1v) is 9.39. The van der Waals surface area contributed by atoms with Gasteiger partial charge in [0.15, 0.2) is 6.10 Å². The zero-order valence-corrected chi connectivity index (χ0v) is 17.5. The summed E-state index contributed by atoms with van der Waals surface area (Å²) in [5, 5.41) is 5.26. The smallest absolute Gasteiger partial charge is 0.355 e. The molecule has 9 heteroatoms. The Kier molecular flexibility index (Phi) is 7.35. The van der Waals surface area contributed by atoms with Crippen molar-refractivity contribution in [1.29, 1.82) is 0 Å². The third-order valence-corrected chi connectivity index (χ3v) is 4.25. The highest BCUT2D eigenvalue weighted by Gasteiger charge is 2.26. The Morgan fingerprint density at radius 1 is 1.00 bits per heavy atom. The van der Waals surface area contributed by atoms with Crippen molar-refractivity contribution in [3.8, 4) is 0 Å². The summed E-state index contributed by atoms with van der Waals surface area (Å²) in [5.41, 5.74) is 2.29. The monoisotopic (exact) mass is 415 g/mol. The van der Waals surface area contributed by atoms with E-state index in [1.807, 2.05) is 0 Å². The largest absolute Gasteiger partial charge is 0.461 e. The number of nitrogens with one attached hydrogen (secondary N) is 3. The number of carbonyl (C=O) groups is 4. The summed E-state index contributed by atoms with van der Waals surface area (Å²) in [5.74, 6) is -2.01. The summed E-state index contributed by atoms with van der Waals surface area (Å²) < 4.78 is 10.2. The fourth-order valence-electron chi connectivity index (χ4n) is 2.82. The molecule has 3 N–H and O–H groups in total. The molecule has 0 saturated carbocycles. The van der Waals surface area contributed by atoms with E-state index in [0.29, 0.717) is 22.6 Å². The highest BCUT2D eigenvalue weighted by molar-refractivity contribution is 6.01. The molecule has 0 aliphatic heterocycles. The van der Waals surface area contributed by atoms with E-state index < -0.39 is 23.9 Å². The lowest BCUT2D eigenvalue weighted by Crippen LogP contribution is -2.30. The second-order valence-electron chi connectivity index (χ2n) is 6.64. The molecular weight excluding hydrogens is 390 g/mol. The van der Waals surface area contributed by atoms with E-state index in [9.17, 15) is 19.2 Å². The van der Waals surface area contributed by atoms with Crippen molar-refractivity contribution in [3.63, 3.8) is 0 Å². The van der Waals surface area contributed by atoms with E-state index in [4.69, 9.17) is 9.47 Å². The first-order chi connectivity index (χ1) is 14.1. The van der Waals surface area contributed by atoms with Crippen molar-refractivity contribution in [2.24, 2.45) is 0 Å². The number of H-pyrrole nitrogens is 1. The number of anilines is 2. The van der Waals surface area contributed by atoms with Crippen LogP contribution in [0.3, 0.4) is 0 Å². The predicted molar refractivity (Wildman–Crippen MR) is 110 cm³/mol. The van der Waals surface area contributed by atoms with Crippen molar-refractivity contribution in [1.82, 2.24) is 4.98 Å². The van der Waals surface area contributed by atoms with Crippen LogP contribution in [0.5, 0.6) is 0 Å². The van der Waals surface area contributed by atoms with Gasteiger partial charge >= 0.3 is 11.9 Å². The first-order valence-electron chi connectivity index (χ1n) is 9.39. The lowest BCUT2D eigenvalue weighted by Gasteiger charge is -2.14. The molecule has 160 valence electrons. The van der Waals surface area contributed by atoms with Gasteiger partial charge in [-0.2, -0.15) is 0 Å². The maximum Gasteiger partial charge on any atom is 0.355 e. The van der Waals surface area contributed by atoms with Crippen LogP contribution in [0, 0.1) is 13.8 Å². The molecule has 1 atom stereocenters. The van der Waals surface area contributed by atoms with Gasteiger partial charge < -0.3 is 25.1 Å². The van der Waals surface area contributed by atoms with E-state index >= 15 is 0 Å². The first kappa shape index (κ1) is 22.7. The van der Waals surface area contributed by atoms with Gasteiger partial charge in [-0.15, -0.1) is 0 Å². The van der Waals surface area contributed by atoms with Crippen molar-refractivity contribution in [2.45, 2.75) is 40.7 Å². The number of aromatic amines is 1. The van der Waals surface area contributed by atoms with E-state index in [1.54, 1.807) is 45.0 Å². The Bertz CT molecular complexity index is 962. The minimum absolute atomic E-state index is 0.178. The SMILES string of the molecule is CCOC(=O)c1[nH]c(C)c(C(=O)O[C@@H](C)C(=O)Nc2ccc(NC(C)=O)cc2)c1C. The zero-order valence-electron chi connectivity index (χ0n) is 17.5. The maximum atomic E-state index is 12.6. The third kappa shape index (κ3) is 5.47. The summed E-state index contributed by atoms with van der Waals surface area (Å²) in [4.78, 5) is 50.8. The quantitative estimate of drug-likeness (QED) is 0.597. The van der Waals surface area contributed by atoms with Gasteiger partial charge in [0.05, 0.1) is 12.2 Å². The van der Waals surface area contributed by atoms with Gasteiger partial charge in [-0.3, -0.25) is 9.59 Å². The van der Waals surface area contributed by atoms with E-state index in [2.05, 4.69) is 15.6 Å². The molecule has 2 aromatic rings. The molecule has 1 heterocycles. The molecule has 1 aromatic carbocycles. The third-order valence-electron chi connectivity index (χ3n) is 4.25. The summed E-state index contributed by atoms with van der Waals surface area (Å²) in [7, 11) is 0. The molecule has 30 heavy (non-hydrogen) atoms. The number of esters is 2. The van der Waals surface area contributed by atoms with Crippen molar-refractivity contribution < 1.29 is 28.7 Å².